The molecule has 5 heteroatoms. The van der Waals surface area contributed by atoms with Gasteiger partial charge in [0.05, 0.1) is 18.2 Å². The highest BCUT2D eigenvalue weighted by molar-refractivity contribution is 6.09. The molecule has 1 atom stereocenters. The Balaban J connectivity index is 1.86. The Hall–Kier alpha value is -3.08. The van der Waals surface area contributed by atoms with E-state index in [-0.39, 0.29) is 17.8 Å². The number of hydrogen-bond donors (Lipinski definition) is 1. The summed E-state index contributed by atoms with van der Waals surface area (Å²) in [6.07, 6.45) is 3.44. The van der Waals surface area contributed by atoms with Crippen molar-refractivity contribution in [1.29, 1.82) is 0 Å². The van der Waals surface area contributed by atoms with Gasteiger partial charge in [0.15, 0.2) is 11.5 Å². The van der Waals surface area contributed by atoms with Crippen molar-refractivity contribution in [2.45, 2.75) is 52.0 Å². The molecule has 0 radical (unpaired) electrons. The normalized spacial score (nSPS) is 16.1. The number of benzene rings is 2. The zero-order chi connectivity index (χ0) is 22.2. The molecule has 1 unspecified atom stereocenters. The number of Topliss-reactive ketones (excluding diaryl/α,β-unsaturated/α-hetero) is 1. The molecule has 1 heterocycles. The van der Waals surface area contributed by atoms with Crippen LogP contribution in [0.5, 0.6) is 5.75 Å². The van der Waals surface area contributed by atoms with Gasteiger partial charge in [-0.1, -0.05) is 62.7 Å². The number of aliphatic hydroxyl groups is 1. The van der Waals surface area contributed by atoms with Crippen molar-refractivity contribution < 1.29 is 19.4 Å². The maximum atomic E-state index is 13.2. The van der Waals surface area contributed by atoms with Crippen LogP contribution in [0.4, 0.5) is 0 Å². The van der Waals surface area contributed by atoms with E-state index in [4.69, 9.17) is 4.74 Å². The molecule has 1 aliphatic heterocycles. The van der Waals surface area contributed by atoms with E-state index in [1.807, 2.05) is 61.5 Å². The molecule has 31 heavy (non-hydrogen) atoms. The first-order chi connectivity index (χ1) is 15.1. The lowest BCUT2D eigenvalue weighted by Gasteiger charge is -2.27. The molecule has 0 aromatic heterocycles. The first-order valence-electron chi connectivity index (χ1n) is 11.1. The number of aryl methyl sites for hydroxylation is 1. The summed E-state index contributed by atoms with van der Waals surface area (Å²) in [6.45, 7) is 5.22. The molecular weight excluding hydrogens is 390 g/mol. The number of carbonyl (C=O) groups is 2. The highest BCUT2D eigenvalue weighted by Crippen LogP contribution is 2.39. The standard InChI is InChI=1S/C26H31NO4/c1-3-5-17-27-24(20-12-14-21(15-13-20)31-18-4-2)23(25(29)26(27)30)22(28)16-11-19-9-7-6-8-10-19/h6-10,12-15,24,29H,3-5,11,16-18H2,1-2H3. The van der Waals surface area contributed by atoms with E-state index in [1.165, 1.54) is 0 Å². The van der Waals surface area contributed by atoms with Crippen LogP contribution in [0.3, 0.4) is 0 Å². The molecule has 3 rings (SSSR count). The Morgan fingerprint density at radius 2 is 1.74 bits per heavy atom. The number of unbranched alkanes of at least 4 members (excludes halogenated alkanes) is 1. The minimum Gasteiger partial charge on any atom is -0.503 e. The maximum absolute atomic E-state index is 13.2. The summed E-state index contributed by atoms with van der Waals surface area (Å²) in [4.78, 5) is 27.6. The van der Waals surface area contributed by atoms with Crippen molar-refractivity contribution >= 4 is 11.7 Å². The van der Waals surface area contributed by atoms with E-state index >= 15 is 0 Å². The lowest BCUT2D eigenvalue weighted by atomic mass is 9.93. The van der Waals surface area contributed by atoms with Crippen LogP contribution in [-0.2, 0) is 16.0 Å². The van der Waals surface area contributed by atoms with Crippen LogP contribution in [0.1, 0.15) is 56.7 Å². The molecule has 1 aliphatic rings. The lowest BCUT2D eigenvalue weighted by molar-refractivity contribution is -0.129. The number of rotatable bonds is 11. The summed E-state index contributed by atoms with van der Waals surface area (Å²) in [7, 11) is 0. The highest BCUT2D eigenvalue weighted by Gasteiger charge is 2.42. The smallest absolute Gasteiger partial charge is 0.290 e. The molecule has 0 saturated carbocycles. The Kier molecular flexibility index (Phi) is 7.88. The third kappa shape index (κ3) is 5.35. The fourth-order valence-corrected chi connectivity index (χ4v) is 3.85. The molecule has 164 valence electrons. The average Bonchev–Trinajstić information content (AvgIpc) is 3.05. The van der Waals surface area contributed by atoms with Crippen LogP contribution in [0.25, 0.3) is 0 Å². The van der Waals surface area contributed by atoms with E-state index in [9.17, 15) is 14.7 Å². The second-order valence-electron chi connectivity index (χ2n) is 7.84. The van der Waals surface area contributed by atoms with Gasteiger partial charge in [0.25, 0.3) is 5.91 Å². The first-order valence-corrected chi connectivity index (χ1v) is 11.1. The summed E-state index contributed by atoms with van der Waals surface area (Å²) in [5.41, 5.74) is 2.07. The van der Waals surface area contributed by atoms with Crippen LogP contribution in [0.15, 0.2) is 65.9 Å². The number of aliphatic hydroxyl groups excluding tert-OH is 1. The molecule has 0 saturated heterocycles. The number of amides is 1. The minimum atomic E-state index is -0.567. The Bertz CT molecular complexity index is 918. The van der Waals surface area contributed by atoms with Gasteiger partial charge in [0.2, 0.25) is 0 Å². The van der Waals surface area contributed by atoms with E-state index in [2.05, 4.69) is 6.92 Å². The van der Waals surface area contributed by atoms with Gasteiger partial charge in [-0.3, -0.25) is 9.59 Å². The van der Waals surface area contributed by atoms with Gasteiger partial charge in [-0.2, -0.15) is 0 Å². The van der Waals surface area contributed by atoms with Crippen LogP contribution in [0, 0.1) is 0 Å². The summed E-state index contributed by atoms with van der Waals surface area (Å²) < 4.78 is 5.66. The Labute approximate surface area is 184 Å². The van der Waals surface area contributed by atoms with Crippen molar-refractivity contribution in [2.24, 2.45) is 0 Å². The van der Waals surface area contributed by atoms with Gasteiger partial charge in [-0.25, -0.2) is 0 Å². The number of carbonyl (C=O) groups excluding carboxylic acids is 2. The number of nitrogens with zero attached hydrogens (tertiary/aromatic N) is 1. The zero-order valence-corrected chi connectivity index (χ0v) is 18.3. The minimum absolute atomic E-state index is 0.190. The van der Waals surface area contributed by atoms with E-state index < -0.39 is 17.7 Å². The predicted molar refractivity (Wildman–Crippen MR) is 121 cm³/mol. The van der Waals surface area contributed by atoms with Crippen molar-refractivity contribution in [1.82, 2.24) is 4.90 Å². The largest absolute Gasteiger partial charge is 0.503 e. The van der Waals surface area contributed by atoms with Gasteiger partial charge in [-0.05, 0) is 42.5 Å². The van der Waals surface area contributed by atoms with Crippen LogP contribution < -0.4 is 4.74 Å². The predicted octanol–water partition coefficient (Wildman–Crippen LogP) is 5.17. The second-order valence-corrected chi connectivity index (χ2v) is 7.84. The molecule has 1 N–H and O–H groups in total. The van der Waals surface area contributed by atoms with Gasteiger partial charge < -0.3 is 14.7 Å². The van der Waals surface area contributed by atoms with Crippen molar-refractivity contribution in [3.05, 3.63) is 77.1 Å². The van der Waals surface area contributed by atoms with Gasteiger partial charge in [0.1, 0.15) is 5.75 Å². The number of hydrogen-bond acceptors (Lipinski definition) is 4. The van der Waals surface area contributed by atoms with Crippen LogP contribution >= 0.6 is 0 Å². The molecule has 1 amide bonds. The quantitative estimate of drug-likeness (QED) is 0.543. The second kappa shape index (κ2) is 10.8. The summed E-state index contributed by atoms with van der Waals surface area (Å²) in [6, 6.07) is 16.7. The summed E-state index contributed by atoms with van der Waals surface area (Å²) in [5, 5.41) is 10.6. The van der Waals surface area contributed by atoms with Crippen molar-refractivity contribution in [2.75, 3.05) is 13.2 Å². The van der Waals surface area contributed by atoms with Gasteiger partial charge >= 0.3 is 0 Å². The van der Waals surface area contributed by atoms with Crippen LogP contribution in [-0.4, -0.2) is 34.8 Å². The maximum Gasteiger partial charge on any atom is 0.290 e. The average molecular weight is 422 g/mol. The lowest BCUT2D eigenvalue weighted by Crippen LogP contribution is -2.32. The molecule has 0 spiro atoms. The molecular formula is C26H31NO4. The Morgan fingerprint density at radius 3 is 2.39 bits per heavy atom. The van der Waals surface area contributed by atoms with E-state index in [0.29, 0.717) is 19.6 Å². The Morgan fingerprint density at radius 1 is 1.03 bits per heavy atom. The zero-order valence-electron chi connectivity index (χ0n) is 18.3. The van der Waals surface area contributed by atoms with E-state index in [1.54, 1.807) is 4.90 Å². The van der Waals surface area contributed by atoms with Gasteiger partial charge in [-0.15, -0.1) is 0 Å². The highest BCUT2D eigenvalue weighted by atomic mass is 16.5. The van der Waals surface area contributed by atoms with Crippen molar-refractivity contribution in [3.8, 4) is 5.75 Å². The topological polar surface area (TPSA) is 66.8 Å². The van der Waals surface area contributed by atoms with E-state index in [0.717, 1.165) is 36.1 Å². The number of ketones is 1. The fraction of sp³-hybridized carbons (Fsp3) is 0.385. The van der Waals surface area contributed by atoms with Gasteiger partial charge in [0, 0.05) is 13.0 Å². The fourth-order valence-electron chi connectivity index (χ4n) is 3.85. The third-order valence-corrected chi connectivity index (χ3v) is 5.51. The molecule has 0 bridgehead atoms. The van der Waals surface area contributed by atoms with Crippen molar-refractivity contribution in [3.63, 3.8) is 0 Å². The molecule has 2 aromatic rings. The summed E-state index contributed by atoms with van der Waals surface area (Å²) in [5.74, 6) is -0.316. The molecule has 0 fully saturated rings. The molecule has 5 nitrogen and oxygen atoms in total. The molecule has 2 aromatic carbocycles. The van der Waals surface area contributed by atoms with Crippen LogP contribution in [0.2, 0.25) is 0 Å². The molecule has 0 aliphatic carbocycles. The monoisotopic (exact) mass is 421 g/mol. The summed E-state index contributed by atoms with van der Waals surface area (Å²) >= 11 is 0. The number of ether oxygens (including phenoxy) is 1. The SMILES string of the molecule is CCCCN1C(=O)C(O)=C(C(=O)CCc2ccccc2)C1c1ccc(OCCC)cc1. The third-order valence-electron chi connectivity index (χ3n) is 5.51. The first kappa shape index (κ1) is 22.6.